The van der Waals surface area contributed by atoms with E-state index in [1.54, 1.807) is 32.4 Å². The first kappa shape index (κ1) is 15.5. The molecule has 4 heteroatoms. The van der Waals surface area contributed by atoms with Crippen LogP contribution in [0, 0.1) is 0 Å². The normalized spacial score (nSPS) is 9.73. The molecule has 3 aromatic carbocycles. The lowest BCUT2D eigenvalue weighted by Crippen LogP contribution is -1.92. The van der Waals surface area contributed by atoms with Crippen molar-refractivity contribution in [3.8, 4) is 11.5 Å². The van der Waals surface area contributed by atoms with Crippen molar-refractivity contribution in [2.45, 2.75) is 0 Å². The second-order valence-electron chi connectivity index (χ2n) is 4.71. The van der Waals surface area contributed by atoms with Gasteiger partial charge in [-0.05, 0) is 35.0 Å². The molecule has 0 heterocycles. The molecule has 0 aromatic heterocycles. The Balaban J connectivity index is 0.000000160. The average molecular weight is 296 g/mol. The summed E-state index contributed by atoms with van der Waals surface area (Å²) in [4.78, 5) is 0. The van der Waals surface area contributed by atoms with E-state index >= 15 is 0 Å². The van der Waals surface area contributed by atoms with Gasteiger partial charge in [-0.15, -0.1) is 0 Å². The zero-order valence-corrected chi connectivity index (χ0v) is 12.7. The van der Waals surface area contributed by atoms with E-state index in [0.29, 0.717) is 11.4 Å². The van der Waals surface area contributed by atoms with E-state index in [4.69, 9.17) is 20.9 Å². The molecule has 0 aliphatic carbocycles. The largest absolute Gasteiger partial charge is 0.497 e. The Hall–Kier alpha value is -2.88. The van der Waals surface area contributed by atoms with E-state index in [2.05, 4.69) is 12.1 Å². The van der Waals surface area contributed by atoms with E-state index in [1.807, 2.05) is 30.3 Å². The number of hydrogen-bond acceptors (Lipinski definition) is 4. The van der Waals surface area contributed by atoms with Gasteiger partial charge < -0.3 is 20.9 Å². The van der Waals surface area contributed by atoms with Crippen LogP contribution >= 0.6 is 0 Å². The molecule has 0 saturated heterocycles. The summed E-state index contributed by atoms with van der Waals surface area (Å²) in [6, 6.07) is 19.4. The van der Waals surface area contributed by atoms with Crippen LogP contribution in [0.4, 0.5) is 11.4 Å². The molecule has 0 fully saturated rings. The number of benzene rings is 3. The maximum absolute atomic E-state index is 5.62. The standard InChI is InChI=1S/C10H9N.C8H11NO2/c11-10-6-5-8-3-1-2-4-9(8)7-10;1-10-6-3-4-8(11-2)7(9)5-6/h1-7H,11H2;3-5H,9H2,1-2H3. The number of nitrogens with two attached hydrogens (primary N) is 2. The van der Waals surface area contributed by atoms with Crippen molar-refractivity contribution in [3.05, 3.63) is 60.7 Å². The predicted molar refractivity (Wildman–Crippen MR) is 92.3 cm³/mol. The van der Waals surface area contributed by atoms with Crippen LogP contribution in [0.15, 0.2) is 60.7 Å². The van der Waals surface area contributed by atoms with E-state index in [1.165, 1.54) is 10.8 Å². The Kier molecular flexibility index (Phi) is 5.09. The minimum absolute atomic E-state index is 0.590. The summed E-state index contributed by atoms with van der Waals surface area (Å²) >= 11 is 0. The second-order valence-corrected chi connectivity index (χ2v) is 4.71. The molecule has 0 bridgehead atoms. The fraction of sp³-hybridized carbons (Fsp3) is 0.111. The number of methoxy groups -OCH3 is 2. The maximum Gasteiger partial charge on any atom is 0.142 e. The van der Waals surface area contributed by atoms with Gasteiger partial charge in [-0.2, -0.15) is 0 Å². The van der Waals surface area contributed by atoms with Crippen LogP contribution in [-0.2, 0) is 0 Å². The maximum atomic E-state index is 5.62. The summed E-state index contributed by atoms with van der Waals surface area (Å²) in [6.45, 7) is 0. The van der Waals surface area contributed by atoms with Gasteiger partial charge in [0.15, 0.2) is 0 Å². The smallest absolute Gasteiger partial charge is 0.142 e. The van der Waals surface area contributed by atoms with Gasteiger partial charge in [-0.25, -0.2) is 0 Å². The van der Waals surface area contributed by atoms with Gasteiger partial charge in [0.05, 0.1) is 19.9 Å². The molecule has 0 saturated carbocycles. The predicted octanol–water partition coefficient (Wildman–Crippen LogP) is 3.71. The monoisotopic (exact) mass is 296 g/mol. The number of nitrogen functional groups attached to an aromatic ring is 2. The Morgan fingerprint density at radius 2 is 1.45 bits per heavy atom. The number of rotatable bonds is 2. The minimum Gasteiger partial charge on any atom is -0.497 e. The number of hydrogen-bond donors (Lipinski definition) is 2. The average Bonchev–Trinajstić information content (AvgIpc) is 2.55. The van der Waals surface area contributed by atoms with Crippen molar-refractivity contribution >= 4 is 22.1 Å². The molecular weight excluding hydrogens is 276 g/mol. The molecule has 114 valence electrons. The number of ether oxygens (including phenoxy) is 2. The molecule has 0 amide bonds. The van der Waals surface area contributed by atoms with Crippen LogP contribution < -0.4 is 20.9 Å². The molecule has 0 aliphatic heterocycles. The Labute approximate surface area is 130 Å². The van der Waals surface area contributed by atoms with Crippen molar-refractivity contribution < 1.29 is 9.47 Å². The Morgan fingerprint density at radius 3 is 2.09 bits per heavy atom. The molecule has 0 aliphatic rings. The van der Waals surface area contributed by atoms with E-state index < -0.39 is 0 Å². The molecule has 3 aromatic rings. The quantitative estimate of drug-likeness (QED) is 0.707. The highest BCUT2D eigenvalue weighted by molar-refractivity contribution is 5.85. The van der Waals surface area contributed by atoms with Crippen LogP contribution in [0.3, 0.4) is 0 Å². The van der Waals surface area contributed by atoms with E-state index in [-0.39, 0.29) is 0 Å². The highest BCUT2D eigenvalue weighted by atomic mass is 16.5. The zero-order chi connectivity index (χ0) is 15.9. The topological polar surface area (TPSA) is 70.5 Å². The lowest BCUT2D eigenvalue weighted by molar-refractivity contribution is 0.405. The molecule has 4 N–H and O–H groups in total. The molecule has 0 spiro atoms. The number of fused-ring (bicyclic) bond motifs is 1. The van der Waals surface area contributed by atoms with Crippen molar-refractivity contribution in [3.63, 3.8) is 0 Å². The third kappa shape index (κ3) is 3.82. The fourth-order valence-corrected chi connectivity index (χ4v) is 2.05. The first-order valence-electron chi connectivity index (χ1n) is 6.86. The molecule has 22 heavy (non-hydrogen) atoms. The van der Waals surface area contributed by atoms with Gasteiger partial charge in [0.25, 0.3) is 0 Å². The Bertz CT molecular complexity index is 757. The second kappa shape index (κ2) is 7.22. The molecular formula is C18H20N2O2. The summed E-state index contributed by atoms with van der Waals surface area (Å²) in [5.41, 5.74) is 12.6. The third-order valence-electron chi connectivity index (χ3n) is 3.21. The summed E-state index contributed by atoms with van der Waals surface area (Å²) in [5.74, 6) is 1.41. The van der Waals surface area contributed by atoms with Crippen LogP contribution in [0.5, 0.6) is 11.5 Å². The summed E-state index contributed by atoms with van der Waals surface area (Å²) < 4.78 is 9.92. The highest BCUT2D eigenvalue weighted by Crippen LogP contribution is 2.25. The summed E-state index contributed by atoms with van der Waals surface area (Å²) in [5, 5.41) is 2.44. The van der Waals surface area contributed by atoms with Crippen LogP contribution in [0.2, 0.25) is 0 Å². The first-order chi connectivity index (χ1) is 10.6. The third-order valence-corrected chi connectivity index (χ3v) is 3.21. The van der Waals surface area contributed by atoms with Gasteiger partial charge in [0.1, 0.15) is 11.5 Å². The van der Waals surface area contributed by atoms with Crippen molar-refractivity contribution in [1.29, 1.82) is 0 Å². The van der Waals surface area contributed by atoms with E-state index in [9.17, 15) is 0 Å². The SMILES string of the molecule is COc1ccc(OC)c(N)c1.Nc1ccc2ccccc2c1. The van der Waals surface area contributed by atoms with Gasteiger partial charge in [0, 0.05) is 11.8 Å². The summed E-state index contributed by atoms with van der Waals surface area (Å²) in [6.07, 6.45) is 0. The molecule has 4 nitrogen and oxygen atoms in total. The van der Waals surface area contributed by atoms with Crippen LogP contribution in [-0.4, -0.2) is 14.2 Å². The molecule has 0 atom stereocenters. The highest BCUT2D eigenvalue weighted by Gasteiger charge is 1.98. The van der Waals surface area contributed by atoms with E-state index in [0.717, 1.165) is 11.4 Å². The van der Waals surface area contributed by atoms with Crippen molar-refractivity contribution in [2.75, 3.05) is 25.7 Å². The summed E-state index contributed by atoms with van der Waals surface area (Å²) in [7, 11) is 3.18. The number of anilines is 2. The first-order valence-corrected chi connectivity index (χ1v) is 6.86. The van der Waals surface area contributed by atoms with Crippen LogP contribution in [0.25, 0.3) is 10.8 Å². The Morgan fingerprint density at radius 1 is 0.727 bits per heavy atom. The molecule has 0 unspecified atom stereocenters. The lowest BCUT2D eigenvalue weighted by Gasteiger charge is -2.05. The van der Waals surface area contributed by atoms with Gasteiger partial charge in [-0.1, -0.05) is 30.3 Å². The molecule has 3 rings (SSSR count). The van der Waals surface area contributed by atoms with Gasteiger partial charge in [-0.3, -0.25) is 0 Å². The molecule has 0 radical (unpaired) electrons. The fourth-order valence-electron chi connectivity index (χ4n) is 2.05. The minimum atomic E-state index is 0.590. The van der Waals surface area contributed by atoms with Crippen molar-refractivity contribution in [2.24, 2.45) is 0 Å². The zero-order valence-electron chi connectivity index (χ0n) is 12.7. The van der Waals surface area contributed by atoms with Gasteiger partial charge in [0.2, 0.25) is 0 Å². The lowest BCUT2D eigenvalue weighted by atomic mass is 10.1. The van der Waals surface area contributed by atoms with Crippen LogP contribution in [0.1, 0.15) is 0 Å². The van der Waals surface area contributed by atoms with Gasteiger partial charge >= 0.3 is 0 Å². The van der Waals surface area contributed by atoms with Crippen molar-refractivity contribution in [1.82, 2.24) is 0 Å².